The molecule has 0 amide bonds. The quantitative estimate of drug-likeness (QED) is 0.107. The highest BCUT2D eigenvalue weighted by Crippen LogP contribution is 2.37. The van der Waals surface area contributed by atoms with Gasteiger partial charge in [0.05, 0.1) is 11.4 Å². The van der Waals surface area contributed by atoms with E-state index < -0.39 is 5.97 Å². The second kappa shape index (κ2) is 17.1. The van der Waals surface area contributed by atoms with Crippen LogP contribution in [0.4, 0.5) is 0 Å². The monoisotopic (exact) mass is 686 g/mol. The summed E-state index contributed by atoms with van der Waals surface area (Å²) in [6.45, 7) is 8.54. The van der Waals surface area contributed by atoms with Crippen LogP contribution in [0.25, 0.3) is 0 Å². The lowest BCUT2D eigenvalue weighted by molar-refractivity contribution is -0.137. The summed E-state index contributed by atoms with van der Waals surface area (Å²) < 4.78 is 0. The smallest absolute Gasteiger partial charge is 0.303 e. The Balaban J connectivity index is 0.000000195. The Labute approximate surface area is 295 Å². The summed E-state index contributed by atoms with van der Waals surface area (Å²) >= 11 is 0. The van der Waals surface area contributed by atoms with Crippen molar-refractivity contribution in [2.45, 2.75) is 95.2 Å². The number of piperidine rings is 2. The highest BCUT2D eigenvalue weighted by atomic mass is 16.7. The third kappa shape index (κ3) is 9.91. The summed E-state index contributed by atoms with van der Waals surface area (Å²) in [5, 5.41) is 32.3. The molecule has 270 valence electrons. The Morgan fingerprint density at radius 3 is 1.48 bits per heavy atom. The molecule has 6 rings (SSSR count). The number of hydrogen-bond donors (Lipinski definition) is 5. The van der Waals surface area contributed by atoms with Crippen molar-refractivity contribution in [2.24, 2.45) is 21.8 Å². The molecule has 0 aromatic heterocycles. The van der Waals surface area contributed by atoms with Gasteiger partial charge in [-0.2, -0.15) is 0 Å². The molecule has 4 aliphatic heterocycles. The number of carbonyl (C=O) groups is 1. The van der Waals surface area contributed by atoms with Crippen molar-refractivity contribution in [2.75, 3.05) is 39.3 Å². The molecule has 2 spiro atoms. The fraction of sp³-hybridized carbons (Fsp3) is 0.553. The van der Waals surface area contributed by atoms with E-state index in [1.165, 1.54) is 25.8 Å². The van der Waals surface area contributed by atoms with Gasteiger partial charge in [-0.3, -0.25) is 15.6 Å². The number of nitrogens with two attached hydrogens (primary N) is 2. The van der Waals surface area contributed by atoms with Crippen LogP contribution in [0, 0.1) is 10.8 Å². The molecule has 0 radical (unpaired) electrons. The van der Waals surface area contributed by atoms with Gasteiger partial charge in [-0.25, -0.2) is 0 Å². The number of rotatable bonds is 13. The molecule has 4 aliphatic rings. The van der Waals surface area contributed by atoms with Crippen LogP contribution in [0.1, 0.15) is 106 Å². The number of amidine groups is 2. The Kier molecular flexibility index (Phi) is 12.6. The van der Waals surface area contributed by atoms with Crippen molar-refractivity contribution >= 4 is 29.1 Å². The van der Waals surface area contributed by atoms with Crippen molar-refractivity contribution in [3.63, 3.8) is 0 Å². The summed E-state index contributed by atoms with van der Waals surface area (Å²) in [6.07, 6.45) is 11.5. The molecule has 2 fully saturated rings. The molecule has 50 heavy (non-hydrogen) atoms. The fourth-order valence-electron chi connectivity index (χ4n) is 7.14. The van der Waals surface area contributed by atoms with E-state index in [2.05, 4.69) is 27.0 Å². The molecule has 0 atom stereocenters. The van der Waals surface area contributed by atoms with Crippen molar-refractivity contribution in [3.05, 3.63) is 70.8 Å². The van der Waals surface area contributed by atoms with Gasteiger partial charge in [0, 0.05) is 82.3 Å². The Morgan fingerprint density at radius 1 is 0.720 bits per heavy atom. The van der Waals surface area contributed by atoms with E-state index >= 15 is 0 Å². The van der Waals surface area contributed by atoms with Crippen LogP contribution in [0.3, 0.4) is 0 Å². The molecule has 12 heteroatoms. The maximum absolute atomic E-state index is 10.6. The lowest BCUT2D eigenvalue weighted by Crippen LogP contribution is -2.44. The van der Waals surface area contributed by atoms with Crippen LogP contribution < -0.4 is 11.5 Å². The van der Waals surface area contributed by atoms with Crippen LogP contribution in [0.15, 0.2) is 58.8 Å². The molecule has 7 N–H and O–H groups in total. The van der Waals surface area contributed by atoms with Crippen LogP contribution in [0.2, 0.25) is 0 Å². The summed E-state index contributed by atoms with van der Waals surface area (Å²) in [7, 11) is 0. The van der Waals surface area contributed by atoms with Crippen molar-refractivity contribution < 1.29 is 19.6 Å². The van der Waals surface area contributed by atoms with Gasteiger partial charge in [-0.1, -0.05) is 78.6 Å². The number of carboxylic acid groups (broad SMARTS) is 1. The summed E-state index contributed by atoms with van der Waals surface area (Å²) in [5.41, 5.74) is 16.2. The first-order valence-corrected chi connectivity index (χ1v) is 18.2. The molecule has 0 saturated carbocycles. The topological polar surface area (TPSA) is 187 Å². The minimum Gasteiger partial charge on any atom is -0.481 e. The van der Waals surface area contributed by atoms with Gasteiger partial charge in [0.2, 0.25) is 0 Å². The van der Waals surface area contributed by atoms with Gasteiger partial charge >= 0.3 is 5.97 Å². The minimum absolute atomic E-state index is 0.0633. The molecule has 2 aromatic carbocycles. The molecular weight excluding hydrogens is 632 g/mol. The maximum Gasteiger partial charge on any atom is 0.303 e. The SMILES string of the molecule is CCCCCN1CCC2(CC1)CC(c1ccc(C(=N)N)cc1)=NO2.N=C(N)c1ccc(C2=NOC3(CCN(CCCCC(=O)O)CC3)C2)cc1. The van der Waals surface area contributed by atoms with E-state index in [9.17, 15) is 4.79 Å². The highest BCUT2D eigenvalue weighted by Gasteiger charge is 2.43. The van der Waals surface area contributed by atoms with E-state index in [0.29, 0.717) is 5.56 Å². The van der Waals surface area contributed by atoms with E-state index in [0.717, 1.165) is 112 Å². The first kappa shape index (κ1) is 37.0. The number of nitrogens with zero attached hydrogens (tertiary/aromatic N) is 4. The predicted molar refractivity (Wildman–Crippen MR) is 197 cm³/mol. The zero-order chi connectivity index (χ0) is 35.6. The van der Waals surface area contributed by atoms with Gasteiger partial charge in [0.1, 0.15) is 22.9 Å². The second-order valence-corrected chi connectivity index (χ2v) is 14.2. The van der Waals surface area contributed by atoms with Crippen LogP contribution in [0.5, 0.6) is 0 Å². The lowest BCUT2D eigenvalue weighted by atomic mass is 9.85. The number of aliphatic carboxylic acids is 1. The second-order valence-electron chi connectivity index (χ2n) is 14.2. The van der Waals surface area contributed by atoms with E-state index in [4.69, 9.17) is 37.1 Å². The third-order valence-corrected chi connectivity index (χ3v) is 10.5. The summed E-state index contributed by atoms with van der Waals surface area (Å²) in [5.74, 6) is -0.561. The van der Waals surface area contributed by atoms with Gasteiger partial charge in [0.15, 0.2) is 0 Å². The van der Waals surface area contributed by atoms with Crippen LogP contribution in [-0.2, 0) is 14.5 Å². The number of nitrogens with one attached hydrogen (secondary N) is 2. The Hall–Kier alpha value is -4.29. The minimum atomic E-state index is -0.719. The van der Waals surface area contributed by atoms with Crippen molar-refractivity contribution in [3.8, 4) is 0 Å². The average Bonchev–Trinajstić information content (AvgIpc) is 3.73. The van der Waals surface area contributed by atoms with Crippen molar-refractivity contribution in [1.82, 2.24) is 9.80 Å². The number of benzene rings is 2. The number of hydrogen-bond acceptors (Lipinski definition) is 9. The van der Waals surface area contributed by atoms with Gasteiger partial charge in [-0.05, 0) is 43.5 Å². The molecule has 2 aromatic rings. The number of likely N-dealkylation sites (tertiary alicyclic amines) is 2. The van der Waals surface area contributed by atoms with Crippen LogP contribution >= 0.6 is 0 Å². The first-order valence-electron chi connectivity index (χ1n) is 18.2. The largest absolute Gasteiger partial charge is 0.481 e. The molecule has 2 saturated heterocycles. The van der Waals surface area contributed by atoms with Gasteiger partial charge in [0.25, 0.3) is 0 Å². The standard InChI is InChI=1S/C19H26N4O3.C19H28N4O/c20-18(21)15-6-4-14(5-7-15)16-13-19(26-22-16)8-11-23(12-9-19)10-2-1-3-17(24)25;1-2-3-4-11-23-12-9-19(10-13-23)14-17(22-24-19)15-5-7-16(8-6-15)18(20)21/h4-7H,1-3,8-13H2,(H3,20,21)(H,24,25);5-8H,2-4,9-14H2,1H3,(H3,20,21). The summed E-state index contributed by atoms with van der Waals surface area (Å²) in [6, 6.07) is 15.3. The summed E-state index contributed by atoms with van der Waals surface area (Å²) in [4.78, 5) is 27.2. The molecule has 0 unspecified atom stereocenters. The molecule has 0 aliphatic carbocycles. The molecule has 4 heterocycles. The first-order chi connectivity index (χ1) is 24.1. The predicted octanol–water partition coefficient (Wildman–Crippen LogP) is 5.30. The number of nitrogen functional groups attached to an aromatic ring is 2. The fourth-order valence-corrected chi connectivity index (χ4v) is 7.14. The van der Waals surface area contributed by atoms with Crippen molar-refractivity contribution in [1.29, 1.82) is 10.8 Å². The highest BCUT2D eigenvalue weighted by molar-refractivity contribution is 6.03. The van der Waals surface area contributed by atoms with E-state index in [-0.39, 0.29) is 29.3 Å². The molecule has 0 bridgehead atoms. The van der Waals surface area contributed by atoms with E-state index in [1.807, 2.05) is 48.5 Å². The Bertz CT molecular complexity index is 1520. The van der Waals surface area contributed by atoms with Gasteiger partial charge < -0.3 is 36.0 Å². The zero-order valence-electron chi connectivity index (χ0n) is 29.5. The maximum atomic E-state index is 10.6. The lowest BCUT2D eigenvalue weighted by Gasteiger charge is -2.37. The third-order valence-electron chi connectivity index (χ3n) is 10.5. The molecule has 12 nitrogen and oxygen atoms in total. The number of oxime groups is 2. The average molecular weight is 687 g/mol. The number of carboxylic acids is 1. The van der Waals surface area contributed by atoms with E-state index in [1.54, 1.807) is 0 Å². The molecular formula is C38H54N8O4. The zero-order valence-corrected chi connectivity index (χ0v) is 29.5. The Morgan fingerprint density at radius 2 is 1.12 bits per heavy atom. The normalized spacial score (nSPS) is 19.5. The number of unbranched alkanes of at least 4 members (excludes halogenated alkanes) is 3. The van der Waals surface area contributed by atoms with Gasteiger partial charge in [-0.15, -0.1) is 0 Å². The van der Waals surface area contributed by atoms with Crippen LogP contribution in [-0.4, -0.2) is 94.4 Å².